The Kier molecular flexibility index (Phi) is 5.43. The van der Waals surface area contributed by atoms with E-state index in [1.54, 1.807) is 11.8 Å². The number of cyclic esters (lactones) is 1. The van der Waals surface area contributed by atoms with Gasteiger partial charge in [0.25, 0.3) is 0 Å². The Balaban J connectivity index is 1.59. The topological polar surface area (TPSA) is 44.8 Å². The van der Waals surface area contributed by atoms with Crippen LogP contribution in [0.25, 0.3) is 0 Å². The molecule has 5 nitrogen and oxygen atoms in total. The Labute approximate surface area is 159 Å². The fourth-order valence-electron chi connectivity index (χ4n) is 3.54. The number of hydrogen-bond acceptors (Lipinski definition) is 4. The minimum absolute atomic E-state index is 0.182. The number of nitrogens with one attached hydrogen (secondary N) is 1. The average Bonchev–Trinajstić information content (AvgIpc) is 2.88. The van der Waals surface area contributed by atoms with Crippen molar-refractivity contribution in [2.75, 3.05) is 31.3 Å². The van der Waals surface area contributed by atoms with Gasteiger partial charge in [-0.25, -0.2) is 4.79 Å². The van der Waals surface area contributed by atoms with Gasteiger partial charge in [-0.3, -0.25) is 4.90 Å². The molecule has 0 saturated carbocycles. The Morgan fingerprint density at radius 3 is 2.60 bits per heavy atom. The molecule has 2 aliphatic rings. The Morgan fingerprint density at radius 1 is 1.32 bits per heavy atom. The molecule has 0 bridgehead atoms. The number of thioether (sulfide) groups is 1. The van der Waals surface area contributed by atoms with Gasteiger partial charge >= 0.3 is 6.09 Å². The minimum atomic E-state index is -0.222. The van der Waals surface area contributed by atoms with E-state index < -0.39 is 0 Å². The molecule has 0 aromatic heterocycles. The first-order valence-corrected chi connectivity index (χ1v) is 10.2. The Hall–Kier alpha value is -1.47. The number of likely N-dealkylation sites (tertiary alicyclic amines) is 1. The monoisotopic (exact) mass is 379 g/mol. The predicted molar refractivity (Wildman–Crippen MR) is 106 cm³/mol. The molecular formula is C18H25N3O2S2. The second-order valence-corrected chi connectivity index (χ2v) is 8.32. The molecule has 0 aliphatic carbocycles. The molecular weight excluding hydrogens is 354 g/mol. The smallest absolute Gasteiger partial charge is 0.410 e. The van der Waals surface area contributed by atoms with Crippen molar-refractivity contribution in [3.63, 3.8) is 0 Å². The van der Waals surface area contributed by atoms with Crippen molar-refractivity contribution >= 4 is 40.9 Å². The molecule has 1 aromatic rings. The van der Waals surface area contributed by atoms with Crippen LogP contribution in [-0.4, -0.2) is 58.5 Å². The van der Waals surface area contributed by atoms with Crippen molar-refractivity contribution in [3.05, 3.63) is 24.3 Å². The first-order valence-electron chi connectivity index (χ1n) is 8.57. The van der Waals surface area contributed by atoms with Crippen molar-refractivity contribution in [2.24, 2.45) is 0 Å². The van der Waals surface area contributed by atoms with Crippen LogP contribution in [0.4, 0.5) is 10.5 Å². The number of piperidine rings is 1. The van der Waals surface area contributed by atoms with E-state index in [-0.39, 0.29) is 17.7 Å². The molecule has 0 spiro atoms. The van der Waals surface area contributed by atoms with Gasteiger partial charge in [0, 0.05) is 24.0 Å². The molecule has 2 saturated heterocycles. The molecule has 1 N–H and O–H groups in total. The zero-order valence-electron chi connectivity index (χ0n) is 14.9. The molecule has 2 fully saturated rings. The number of amides is 1. The van der Waals surface area contributed by atoms with Gasteiger partial charge in [0.15, 0.2) is 5.11 Å². The van der Waals surface area contributed by atoms with Crippen LogP contribution in [0, 0.1) is 0 Å². The van der Waals surface area contributed by atoms with Gasteiger partial charge in [-0.1, -0.05) is 12.1 Å². The summed E-state index contributed by atoms with van der Waals surface area (Å²) >= 11 is 7.31. The quantitative estimate of drug-likeness (QED) is 0.637. The third kappa shape index (κ3) is 3.87. The highest BCUT2D eigenvalue weighted by atomic mass is 32.2. The molecule has 2 aliphatic heterocycles. The van der Waals surface area contributed by atoms with Crippen LogP contribution < -0.4 is 5.32 Å². The maximum absolute atomic E-state index is 12.1. The Morgan fingerprint density at radius 2 is 2.00 bits per heavy atom. The van der Waals surface area contributed by atoms with Crippen molar-refractivity contribution in [3.8, 4) is 0 Å². The molecule has 136 valence electrons. The zero-order chi connectivity index (χ0) is 18.0. The first-order chi connectivity index (χ1) is 11.9. The summed E-state index contributed by atoms with van der Waals surface area (Å²) in [6.45, 7) is 6.29. The van der Waals surface area contributed by atoms with Crippen molar-refractivity contribution in [1.82, 2.24) is 9.80 Å². The highest BCUT2D eigenvalue weighted by Crippen LogP contribution is 2.31. The largest absolute Gasteiger partial charge is 0.447 e. The fraction of sp³-hybridized carbons (Fsp3) is 0.556. The van der Waals surface area contributed by atoms with E-state index in [4.69, 9.17) is 17.0 Å². The highest BCUT2D eigenvalue weighted by molar-refractivity contribution is 7.98. The number of hydrogen-bond donors (Lipinski definition) is 1. The van der Waals surface area contributed by atoms with Crippen LogP contribution in [0.2, 0.25) is 0 Å². The molecule has 3 rings (SSSR count). The van der Waals surface area contributed by atoms with Gasteiger partial charge in [0.2, 0.25) is 0 Å². The summed E-state index contributed by atoms with van der Waals surface area (Å²) in [5.74, 6) is 0. The van der Waals surface area contributed by atoms with Crippen LogP contribution in [0.15, 0.2) is 29.2 Å². The summed E-state index contributed by atoms with van der Waals surface area (Å²) in [4.78, 5) is 17.4. The molecule has 2 heterocycles. The van der Waals surface area contributed by atoms with E-state index >= 15 is 0 Å². The summed E-state index contributed by atoms with van der Waals surface area (Å²) in [5.41, 5.74) is 0.825. The van der Waals surface area contributed by atoms with Crippen LogP contribution in [0.5, 0.6) is 0 Å². The molecule has 0 unspecified atom stereocenters. The molecule has 0 atom stereocenters. The molecule has 1 amide bonds. The van der Waals surface area contributed by atoms with Crippen LogP contribution >= 0.6 is 24.0 Å². The van der Waals surface area contributed by atoms with E-state index in [9.17, 15) is 4.79 Å². The standard InChI is InChI=1S/C18H25N3O2S2/c1-18(2)12-23-17(22)21(18)13-8-10-20(11-9-13)16(24)19-14-6-4-5-7-15(14)25-3/h4-7,13H,8-12H2,1-3H3,(H,19,24). The minimum Gasteiger partial charge on any atom is -0.447 e. The van der Waals surface area contributed by atoms with Gasteiger partial charge in [-0.15, -0.1) is 11.8 Å². The first kappa shape index (κ1) is 18.3. The number of carbonyl (C=O) groups is 1. The molecule has 0 radical (unpaired) electrons. The number of thiocarbonyl (C=S) groups is 1. The van der Waals surface area contributed by atoms with E-state index in [1.807, 2.05) is 23.1 Å². The fourth-order valence-corrected chi connectivity index (χ4v) is 4.38. The SMILES string of the molecule is CSc1ccccc1NC(=S)N1CCC(N2C(=O)OCC2(C)C)CC1. The van der Waals surface area contributed by atoms with Gasteiger partial charge < -0.3 is 15.0 Å². The zero-order valence-corrected chi connectivity index (χ0v) is 16.6. The highest BCUT2D eigenvalue weighted by Gasteiger charge is 2.44. The van der Waals surface area contributed by atoms with Crippen LogP contribution in [0.1, 0.15) is 26.7 Å². The normalized spacial score (nSPS) is 20.5. The summed E-state index contributed by atoms with van der Waals surface area (Å²) < 4.78 is 5.25. The second kappa shape index (κ2) is 7.41. The number of benzene rings is 1. The summed E-state index contributed by atoms with van der Waals surface area (Å²) in [7, 11) is 0. The lowest BCUT2D eigenvalue weighted by atomic mass is 9.97. The number of ether oxygens (including phenoxy) is 1. The summed E-state index contributed by atoms with van der Waals surface area (Å²) in [5, 5.41) is 4.12. The van der Waals surface area contributed by atoms with Gasteiger partial charge in [0.05, 0.1) is 11.2 Å². The van der Waals surface area contributed by atoms with Crippen LogP contribution in [0.3, 0.4) is 0 Å². The van der Waals surface area contributed by atoms with Gasteiger partial charge in [0.1, 0.15) is 6.61 Å². The Bertz CT molecular complexity index is 657. The summed E-state index contributed by atoms with van der Waals surface area (Å²) in [6.07, 6.45) is 3.69. The second-order valence-electron chi connectivity index (χ2n) is 7.09. The third-order valence-electron chi connectivity index (χ3n) is 4.86. The maximum atomic E-state index is 12.1. The number of para-hydroxylation sites is 1. The molecule has 25 heavy (non-hydrogen) atoms. The molecule has 1 aromatic carbocycles. The number of nitrogens with zero attached hydrogens (tertiary/aromatic N) is 2. The van der Waals surface area contributed by atoms with E-state index in [0.717, 1.165) is 36.7 Å². The summed E-state index contributed by atoms with van der Waals surface area (Å²) in [6, 6.07) is 8.40. The molecule has 7 heteroatoms. The predicted octanol–water partition coefficient (Wildman–Crippen LogP) is 3.80. The van der Waals surface area contributed by atoms with Crippen LogP contribution in [-0.2, 0) is 4.74 Å². The van der Waals surface area contributed by atoms with E-state index in [0.29, 0.717) is 6.61 Å². The lowest BCUT2D eigenvalue weighted by molar-refractivity contribution is 0.103. The number of anilines is 1. The number of rotatable bonds is 3. The van der Waals surface area contributed by atoms with Gasteiger partial charge in [-0.2, -0.15) is 0 Å². The van der Waals surface area contributed by atoms with E-state index in [1.165, 1.54) is 4.90 Å². The third-order valence-corrected chi connectivity index (χ3v) is 6.02. The number of carbonyl (C=O) groups excluding carboxylic acids is 1. The van der Waals surface area contributed by atoms with Crippen molar-refractivity contribution in [1.29, 1.82) is 0 Å². The maximum Gasteiger partial charge on any atom is 0.410 e. The lowest BCUT2D eigenvalue weighted by Gasteiger charge is -2.41. The van der Waals surface area contributed by atoms with Gasteiger partial charge in [-0.05, 0) is 57.3 Å². The lowest BCUT2D eigenvalue weighted by Crippen LogP contribution is -2.53. The van der Waals surface area contributed by atoms with Crippen molar-refractivity contribution < 1.29 is 9.53 Å². The average molecular weight is 380 g/mol. The van der Waals surface area contributed by atoms with Crippen molar-refractivity contribution in [2.45, 2.75) is 43.2 Å². The van der Waals surface area contributed by atoms with E-state index in [2.05, 4.69) is 36.4 Å².